The Labute approximate surface area is 145 Å². The average Bonchev–Trinajstić information content (AvgIpc) is 3.06. The molecule has 1 aliphatic rings. The van der Waals surface area contributed by atoms with E-state index in [9.17, 15) is 4.79 Å². The van der Waals surface area contributed by atoms with Crippen molar-refractivity contribution in [3.63, 3.8) is 0 Å². The number of piperidine rings is 1. The van der Waals surface area contributed by atoms with Crippen LogP contribution in [-0.2, 0) is 0 Å². The van der Waals surface area contributed by atoms with E-state index >= 15 is 0 Å². The van der Waals surface area contributed by atoms with E-state index in [0.29, 0.717) is 17.1 Å². The molecule has 4 rings (SSSR count). The molecule has 5 heteroatoms. The molecule has 2 aromatic carbocycles. The molecule has 0 N–H and O–H groups in total. The SMILES string of the molecule is O=C(c1ccc(Cl)cc1)N1CCCC(c2nc3ccccc3o2)C1. The molecule has 122 valence electrons. The maximum absolute atomic E-state index is 12.7. The van der Waals surface area contributed by atoms with Crippen molar-refractivity contribution in [2.75, 3.05) is 13.1 Å². The quantitative estimate of drug-likeness (QED) is 0.690. The van der Waals surface area contributed by atoms with Crippen molar-refractivity contribution < 1.29 is 9.21 Å². The van der Waals surface area contributed by atoms with Crippen molar-refractivity contribution in [3.8, 4) is 0 Å². The van der Waals surface area contributed by atoms with Gasteiger partial charge in [-0.15, -0.1) is 0 Å². The smallest absolute Gasteiger partial charge is 0.253 e. The summed E-state index contributed by atoms with van der Waals surface area (Å²) in [4.78, 5) is 19.2. The van der Waals surface area contributed by atoms with Gasteiger partial charge in [0, 0.05) is 23.7 Å². The molecule has 1 aromatic heterocycles. The Kier molecular flexibility index (Phi) is 3.98. The number of benzene rings is 2. The van der Waals surface area contributed by atoms with Crippen LogP contribution in [-0.4, -0.2) is 28.9 Å². The number of carbonyl (C=O) groups is 1. The molecular formula is C19H17ClN2O2. The lowest BCUT2D eigenvalue weighted by Crippen LogP contribution is -2.39. The van der Waals surface area contributed by atoms with Crippen LogP contribution in [0.3, 0.4) is 0 Å². The Morgan fingerprint density at radius 2 is 1.96 bits per heavy atom. The molecule has 0 spiro atoms. The van der Waals surface area contributed by atoms with Crippen LogP contribution in [0, 0.1) is 0 Å². The predicted octanol–water partition coefficient (Wildman–Crippen LogP) is 4.50. The Hall–Kier alpha value is -2.33. The van der Waals surface area contributed by atoms with E-state index in [1.807, 2.05) is 29.2 Å². The molecule has 0 aliphatic carbocycles. The van der Waals surface area contributed by atoms with Gasteiger partial charge in [-0.25, -0.2) is 4.98 Å². The number of nitrogens with zero attached hydrogens (tertiary/aromatic N) is 2. The average molecular weight is 341 g/mol. The van der Waals surface area contributed by atoms with Crippen LogP contribution in [0.2, 0.25) is 5.02 Å². The Morgan fingerprint density at radius 1 is 1.17 bits per heavy atom. The molecule has 24 heavy (non-hydrogen) atoms. The second-order valence-corrected chi connectivity index (χ2v) is 6.55. The zero-order valence-electron chi connectivity index (χ0n) is 13.1. The van der Waals surface area contributed by atoms with Crippen molar-refractivity contribution in [3.05, 3.63) is 65.0 Å². The number of carbonyl (C=O) groups excluding carboxylic acids is 1. The van der Waals surface area contributed by atoms with Crippen molar-refractivity contribution in [1.82, 2.24) is 9.88 Å². The standard InChI is InChI=1S/C19H17ClN2O2/c20-15-9-7-13(8-10-15)19(23)22-11-3-4-14(12-22)18-21-16-5-1-2-6-17(16)24-18/h1-2,5-10,14H,3-4,11-12H2. The minimum atomic E-state index is 0.0347. The fourth-order valence-electron chi connectivity index (χ4n) is 3.20. The third-order valence-corrected chi connectivity index (χ3v) is 4.71. The highest BCUT2D eigenvalue weighted by molar-refractivity contribution is 6.30. The first-order chi connectivity index (χ1) is 11.7. The van der Waals surface area contributed by atoms with E-state index < -0.39 is 0 Å². The molecule has 4 nitrogen and oxygen atoms in total. The van der Waals surface area contributed by atoms with Gasteiger partial charge in [0.2, 0.25) is 0 Å². The number of likely N-dealkylation sites (tertiary alicyclic amines) is 1. The molecule has 1 unspecified atom stereocenters. The summed E-state index contributed by atoms with van der Waals surface area (Å²) >= 11 is 5.90. The summed E-state index contributed by atoms with van der Waals surface area (Å²) in [5.41, 5.74) is 2.33. The van der Waals surface area contributed by atoms with Crippen LogP contribution >= 0.6 is 11.6 Å². The summed E-state index contributed by atoms with van der Waals surface area (Å²) < 4.78 is 5.89. The van der Waals surface area contributed by atoms with Crippen LogP contribution < -0.4 is 0 Å². The van der Waals surface area contributed by atoms with E-state index in [2.05, 4.69) is 4.98 Å². The predicted molar refractivity (Wildman–Crippen MR) is 93.3 cm³/mol. The van der Waals surface area contributed by atoms with Gasteiger partial charge in [-0.1, -0.05) is 23.7 Å². The van der Waals surface area contributed by atoms with E-state index in [1.165, 1.54) is 0 Å². The highest BCUT2D eigenvalue weighted by Gasteiger charge is 2.28. The normalized spacial score (nSPS) is 18.0. The maximum atomic E-state index is 12.7. The number of hydrogen-bond acceptors (Lipinski definition) is 3. The second-order valence-electron chi connectivity index (χ2n) is 6.12. The lowest BCUT2D eigenvalue weighted by molar-refractivity contribution is 0.0699. The van der Waals surface area contributed by atoms with Crippen molar-refractivity contribution >= 4 is 28.6 Å². The van der Waals surface area contributed by atoms with Gasteiger partial charge in [0.05, 0.1) is 5.92 Å². The maximum Gasteiger partial charge on any atom is 0.253 e. The number of oxazole rings is 1. The number of para-hydroxylation sites is 2. The minimum Gasteiger partial charge on any atom is -0.440 e. The van der Waals surface area contributed by atoms with E-state index in [1.54, 1.807) is 24.3 Å². The zero-order valence-corrected chi connectivity index (χ0v) is 13.9. The molecule has 0 radical (unpaired) electrons. The second kappa shape index (κ2) is 6.29. The summed E-state index contributed by atoms with van der Waals surface area (Å²) in [5, 5.41) is 0.634. The molecule has 1 amide bonds. The highest BCUT2D eigenvalue weighted by Crippen LogP contribution is 2.29. The van der Waals surface area contributed by atoms with Crippen LogP contribution in [0.15, 0.2) is 52.9 Å². The molecule has 3 aromatic rings. The Bertz CT molecular complexity index is 839. The van der Waals surface area contributed by atoms with Gasteiger partial charge in [-0.2, -0.15) is 0 Å². The lowest BCUT2D eigenvalue weighted by atomic mass is 9.97. The van der Waals surface area contributed by atoms with Gasteiger partial charge in [0.15, 0.2) is 11.5 Å². The fourth-order valence-corrected chi connectivity index (χ4v) is 3.33. The summed E-state index contributed by atoms with van der Waals surface area (Å²) in [5.74, 6) is 0.902. The van der Waals surface area contributed by atoms with Crippen molar-refractivity contribution in [1.29, 1.82) is 0 Å². The lowest BCUT2D eigenvalue weighted by Gasteiger charge is -2.31. The largest absolute Gasteiger partial charge is 0.440 e. The van der Waals surface area contributed by atoms with Gasteiger partial charge < -0.3 is 9.32 Å². The highest BCUT2D eigenvalue weighted by atomic mass is 35.5. The van der Waals surface area contributed by atoms with Gasteiger partial charge in [0.25, 0.3) is 5.91 Å². The van der Waals surface area contributed by atoms with Crippen LogP contribution in [0.5, 0.6) is 0 Å². The third-order valence-electron chi connectivity index (χ3n) is 4.46. The van der Waals surface area contributed by atoms with Crippen LogP contribution in [0.25, 0.3) is 11.1 Å². The number of hydrogen-bond donors (Lipinski definition) is 0. The van der Waals surface area contributed by atoms with Crippen LogP contribution in [0.1, 0.15) is 35.0 Å². The molecule has 0 bridgehead atoms. The molecule has 0 saturated carbocycles. The van der Waals surface area contributed by atoms with Crippen molar-refractivity contribution in [2.24, 2.45) is 0 Å². The molecule has 1 fully saturated rings. The number of fused-ring (bicyclic) bond motifs is 1. The zero-order chi connectivity index (χ0) is 16.5. The summed E-state index contributed by atoms with van der Waals surface area (Å²) in [6.07, 6.45) is 1.93. The van der Waals surface area contributed by atoms with Crippen LogP contribution in [0.4, 0.5) is 0 Å². The minimum absolute atomic E-state index is 0.0347. The molecule has 1 atom stereocenters. The fraction of sp³-hybridized carbons (Fsp3) is 0.263. The number of halogens is 1. The Balaban J connectivity index is 1.54. The number of aromatic nitrogens is 1. The molecule has 1 aliphatic heterocycles. The van der Waals surface area contributed by atoms with E-state index in [4.69, 9.17) is 16.0 Å². The van der Waals surface area contributed by atoms with Gasteiger partial charge in [-0.05, 0) is 49.2 Å². The number of rotatable bonds is 2. The van der Waals surface area contributed by atoms with Gasteiger partial charge in [0.1, 0.15) is 5.52 Å². The summed E-state index contributed by atoms with van der Waals surface area (Å²) in [7, 11) is 0. The molecule has 2 heterocycles. The van der Waals surface area contributed by atoms with E-state index in [0.717, 1.165) is 36.4 Å². The molecule has 1 saturated heterocycles. The van der Waals surface area contributed by atoms with Crippen molar-refractivity contribution in [2.45, 2.75) is 18.8 Å². The number of amides is 1. The Morgan fingerprint density at radius 3 is 2.75 bits per heavy atom. The van der Waals surface area contributed by atoms with Gasteiger partial charge in [-0.3, -0.25) is 4.79 Å². The first kappa shape index (κ1) is 15.2. The summed E-state index contributed by atoms with van der Waals surface area (Å²) in [6, 6.07) is 14.8. The first-order valence-electron chi connectivity index (χ1n) is 8.11. The third kappa shape index (κ3) is 2.89. The van der Waals surface area contributed by atoms with E-state index in [-0.39, 0.29) is 11.8 Å². The first-order valence-corrected chi connectivity index (χ1v) is 8.49. The molecular weight excluding hydrogens is 324 g/mol. The topological polar surface area (TPSA) is 46.3 Å². The van der Waals surface area contributed by atoms with Gasteiger partial charge >= 0.3 is 0 Å². The monoisotopic (exact) mass is 340 g/mol. The summed E-state index contributed by atoms with van der Waals surface area (Å²) in [6.45, 7) is 1.40.